The Hall–Kier alpha value is -0.610. The van der Waals surface area contributed by atoms with Gasteiger partial charge in [0.2, 0.25) is 0 Å². The van der Waals surface area contributed by atoms with Gasteiger partial charge in [0.1, 0.15) is 0 Å². The lowest BCUT2D eigenvalue weighted by Gasteiger charge is -2.07. The monoisotopic (exact) mass is 162 g/mol. The highest BCUT2D eigenvalue weighted by Gasteiger charge is 2.06. The molecule has 1 atom stereocenters. The minimum absolute atomic E-state index is 0.0130. The second-order valence-corrected chi connectivity index (χ2v) is 2.50. The molecule has 0 fully saturated rings. The summed E-state index contributed by atoms with van der Waals surface area (Å²) in [7, 11) is 0. The molecule has 4 heteroatoms. The van der Waals surface area contributed by atoms with Crippen LogP contribution in [0.5, 0.6) is 0 Å². The van der Waals surface area contributed by atoms with Gasteiger partial charge in [-0.3, -0.25) is 4.79 Å². The lowest BCUT2D eigenvalue weighted by atomic mass is 10.1. The van der Waals surface area contributed by atoms with Gasteiger partial charge < -0.3 is 14.9 Å². The molecule has 2 N–H and O–H groups in total. The summed E-state index contributed by atoms with van der Waals surface area (Å²) in [6, 6.07) is 0. The lowest BCUT2D eigenvalue weighted by molar-refractivity contribution is -0.138. The van der Waals surface area contributed by atoms with Crippen molar-refractivity contribution in [3.05, 3.63) is 0 Å². The third kappa shape index (κ3) is 7.29. The summed E-state index contributed by atoms with van der Waals surface area (Å²) < 4.78 is 4.93. The fraction of sp³-hybridized carbons (Fsp3) is 0.857. The van der Waals surface area contributed by atoms with Crippen LogP contribution in [-0.4, -0.2) is 36.0 Å². The number of hydrogen-bond acceptors (Lipinski definition) is 3. The maximum atomic E-state index is 10.1. The molecule has 0 spiro atoms. The minimum Gasteiger partial charge on any atom is -0.481 e. The first-order valence-corrected chi connectivity index (χ1v) is 3.57. The predicted octanol–water partition coefficient (Wildman–Crippen LogP) is 0.106. The van der Waals surface area contributed by atoms with E-state index in [4.69, 9.17) is 14.9 Å². The standard InChI is InChI=1S/C7H14O4/c1-6(4-7(9)10)5-11-3-2-8/h6,8H,2-5H2,1H3,(H,9,10). The van der Waals surface area contributed by atoms with Crippen LogP contribution in [0.3, 0.4) is 0 Å². The van der Waals surface area contributed by atoms with Gasteiger partial charge in [0, 0.05) is 6.61 Å². The van der Waals surface area contributed by atoms with Gasteiger partial charge in [-0.2, -0.15) is 0 Å². The number of carbonyl (C=O) groups is 1. The van der Waals surface area contributed by atoms with Gasteiger partial charge in [-0.1, -0.05) is 6.92 Å². The molecule has 0 radical (unpaired) electrons. The second kappa shape index (κ2) is 6.12. The fourth-order valence-corrected chi connectivity index (χ4v) is 0.706. The summed E-state index contributed by atoms with van der Waals surface area (Å²) >= 11 is 0. The number of rotatable bonds is 6. The van der Waals surface area contributed by atoms with Crippen LogP contribution in [0.1, 0.15) is 13.3 Å². The highest BCUT2D eigenvalue weighted by Crippen LogP contribution is 2.01. The Balaban J connectivity index is 3.22. The summed E-state index contributed by atoms with van der Waals surface area (Å²) in [6.07, 6.45) is 0.116. The lowest BCUT2D eigenvalue weighted by Crippen LogP contribution is -2.12. The molecule has 4 nitrogen and oxygen atoms in total. The van der Waals surface area contributed by atoms with Crippen molar-refractivity contribution in [1.82, 2.24) is 0 Å². The zero-order chi connectivity index (χ0) is 8.69. The number of carboxylic acid groups (broad SMARTS) is 1. The van der Waals surface area contributed by atoms with Crippen molar-refractivity contribution in [1.29, 1.82) is 0 Å². The number of aliphatic carboxylic acids is 1. The first-order chi connectivity index (χ1) is 5.16. The van der Waals surface area contributed by atoms with Gasteiger partial charge in [0.05, 0.1) is 19.6 Å². The quantitative estimate of drug-likeness (QED) is 0.544. The van der Waals surface area contributed by atoms with Crippen LogP contribution in [0.25, 0.3) is 0 Å². The van der Waals surface area contributed by atoms with Crippen molar-refractivity contribution >= 4 is 5.97 Å². The van der Waals surface area contributed by atoms with Gasteiger partial charge in [-0.25, -0.2) is 0 Å². The van der Waals surface area contributed by atoms with Crippen molar-refractivity contribution in [2.24, 2.45) is 5.92 Å². The van der Waals surface area contributed by atoms with E-state index in [0.29, 0.717) is 6.61 Å². The molecule has 0 amide bonds. The summed E-state index contributed by atoms with van der Waals surface area (Å²) in [5.74, 6) is -0.802. The van der Waals surface area contributed by atoms with E-state index in [0.717, 1.165) is 0 Å². The van der Waals surface area contributed by atoms with Crippen LogP contribution in [0.2, 0.25) is 0 Å². The number of ether oxygens (including phenoxy) is 1. The van der Waals surface area contributed by atoms with Crippen molar-refractivity contribution in [2.45, 2.75) is 13.3 Å². The molecular weight excluding hydrogens is 148 g/mol. The molecule has 0 aromatic heterocycles. The Bertz CT molecular complexity index is 113. The first kappa shape index (κ1) is 10.4. The maximum absolute atomic E-state index is 10.1. The first-order valence-electron chi connectivity index (χ1n) is 3.57. The second-order valence-electron chi connectivity index (χ2n) is 2.50. The molecule has 0 aliphatic heterocycles. The molecule has 11 heavy (non-hydrogen) atoms. The highest BCUT2D eigenvalue weighted by atomic mass is 16.5. The van der Waals surface area contributed by atoms with Crippen LogP contribution in [-0.2, 0) is 9.53 Å². The molecule has 0 aliphatic rings. The van der Waals surface area contributed by atoms with E-state index in [9.17, 15) is 4.79 Å². The number of carboxylic acids is 1. The molecule has 1 unspecified atom stereocenters. The summed E-state index contributed by atoms with van der Waals surface area (Å²) in [5, 5.41) is 16.7. The third-order valence-electron chi connectivity index (χ3n) is 1.16. The van der Waals surface area contributed by atoms with Crippen LogP contribution in [0.4, 0.5) is 0 Å². The highest BCUT2D eigenvalue weighted by molar-refractivity contribution is 5.66. The van der Waals surface area contributed by atoms with Gasteiger partial charge in [0.25, 0.3) is 0 Å². The molecule has 0 rings (SSSR count). The molecule has 0 saturated heterocycles. The van der Waals surface area contributed by atoms with Crippen molar-refractivity contribution < 1.29 is 19.7 Å². The van der Waals surface area contributed by atoms with Gasteiger partial charge in [0.15, 0.2) is 0 Å². The fourth-order valence-electron chi connectivity index (χ4n) is 0.706. The molecule has 0 saturated carbocycles. The molecule has 0 aromatic rings. The minimum atomic E-state index is -0.815. The maximum Gasteiger partial charge on any atom is 0.303 e. The average molecular weight is 162 g/mol. The molecule has 0 aromatic carbocycles. The smallest absolute Gasteiger partial charge is 0.303 e. The van der Waals surface area contributed by atoms with Crippen molar-refractivity contribution in [2.75, 3.05) is 19.8 Å². The van der Waals surface area contributed by atoms with Crippen LogP contribution >= 0.6 is 0 Å². The van der Waals surface area contributed by atoms with E-state index in [1.165, 1.54) is 0 Å². The topological polar surface area (TPSA) is 66.8 Å². The average Bonchev–Trinajstić information content (AvgIpc) is 1.86. The zero-order valence-electron chi connectivity index (χ0n) is 6.62. The molecule has 66 valence electrons. The predicted molar refractivity (Wildman–Crippen MR) is 39.3 cm³/mol. The molecular formula is C7H14O4. The Morgan fingerprint density at radius 1 is 1.64 bits per heavy atom. The van der Waals surface area contributed by atoms with Crippen molar-refractivity contribution in [3.63, 3.8) is 0 Å². The Kier molecular flexibility index (Phi) is 5.78. The number of aliphatic hydroxyl groups excluding tert-OH is 1. The van der Waals surface area contributed by atoms with E-state index in [1.807, 2.05) is 0 Å². The Morgan fingerprint density at radius 2 is 2.27 bits per heavy atom. The van der Waals surface area contributed by atoms with E-state index in [1.54, 1.807) is 6.92 Å². The van der Waals surface area contributed by atoms with Crippen LogP contribution < -0.4 is 0 Å². The summed E-state index contributed by atoms with van der Waals surface area (Å²) in [5.41, 5.74) is 0. The van der Waals surface area contributed by atoms with E-state index >= 15 is 0 Å². The van der Waals surface area contributed by atoms with E-state index in [-0.39, 0.29) is 25.6 Å². The van der Waals surface area contributed by atoms with Crippen LogP contribution in [0.15, 0.2) is 0 Å². The van der Waals surface area contributed by atoms with Crippen LogP contribution in [0, 0.1) is 5.92 Å². The van der Waals surface area contributed by atoms with Crippen molar-refractivity contribution in [3.8, 4) is 0 Å². The van der Waals surface area contributed by atoms with E-state index < -0.39 is 5.97 Å². The van der Waals surface area contributed by atoms with Gasteiger partial charge in [-0.15, -0.1) is 0 Å². The summed E-state index contributed by atoms with van der Waals surface area (Å²) in [4.78, 5) is 10.1. The number of aliphatic hydroxyl groups is 1. The number of hydrogen-bond donors (Lipinski definition) is 2. The SMILES string of the molecule is CC(COCCO)CC(=O)O. The largest absolute Gasteiger partial charge is 0.481 e. The Morgan fingerprint density at radius 3 is 2.73 bits per heavy atom. The summed E-state index contributed by atoms with van der Waals surface area (Å²) in [6.45, 7) is 2.46. The van der Waals surface area contributed by atoms with E-state index in [2.05, 4.69) is 0 Å². The van der Waals surface area contributed by atoms with Gasteiger partial charge >= 0.3 is 5.97 Å². The third-order valence-corrected chi connectivity index (χ3v) is 1.16. The Labute approximate surface area is 65.8 Å². The normalized spacial score (nSPS) is 12.9. The van der Waals surface area contributed by atoms with Gasteiger partial charge in [-0.05, 0) is 5.92 Å². The zero-order valence-corrected chi connectivity index (χ0v) is 6.62. The molecule has 0 bridgehead atoms. The molecule has 0 heterocycles. The molecule has 0 aliphatic carbocycles.